The molecule has 0 unspecified atom stereocenters. The largest absolute Gasteiger partial charge is 0.345 e. The van der Waals surface area contributed by atoms with Crippen molar-refractivity contribution in [1.29, 1.82) is 0 Å². The van der Waals surface area contributed by atoms with Crippen LogP contribution in [0.5, 0.6) is 0 Å². The minimum atomic E-state index is -0.227. The number of rotatable bonds is 5. The lowest BCUT2D eigenvalue weighted by Crippen LogP contribution is -2.25. The van der Waals surface area contributed by atoms with Crippen molar-refractivity contribution in [3.63, 3.8) is 0 Å². The molecule has 6 nitrogen and oxygen atoms in total. The van der Waals surface area contributed by atoms with Crippen molar-refractivity contribution in [2.75, 3.05) is 12.5 Å². The summed E-state index contributed by atoms with van der Waals surface area (Å²) in [6.45, 7) is 0.276. The lowest BCUT2D eigenvalue weighted by atomic mass is 10.3. The van der Waals surface area contributed by atoms with Crippen molar-refractivity contribution in [2.24, 2.45) is 0 Å². The van der Waals surface area contributed by atoms with Crippen molar-refractivity contribution in [3.05, 3.63) is 36.0 Å². The molecule has 2 aromatic heterocycles. The van der Waals surface area contributed by atoms with Crippen molar-refractivity contribution < 1.29 is 4.79 Å². The van der Waals surface area contributed by atoms with Gasteiger partial charge in [0, 0.05) is 18.6 Å². The number of carbonyl (C=O) groups is 1. The molecule has 0 radical (unpaired) electrons. The van der Waals surface area contributed by atoms with Gasteiger partial charge in [-0.05, 0) is 18.6 Å². The molecule has 0 fully saturated rings. The Kier molecular flexibility index (Phi) is 5.31. The molecule has 20 heavy (non-hydrogen) atoms. The van der Waals surface area contributed by atoms with E-state index in [1.54, 1.807) is 24.7 Å². The van der Waals surface area contributed by atoms with E-state index < -0.39 is 0 Å². The lowest BCUT2D eigenvalue weighted by Gasteiger charge is -2.07. The van der Waals surface area contributed by atoms with Crippen LogP contribution >= 0.6 is 23.5 Å². The van der Waals surface area contributed by atoms with Gasteiger partial charge in [-0.3, -0.25) is 4.79 Å². The van der Waals surface area contributed by atoms with Crippen LogP contribution in [0, 0.1) is 0 Å². The van der Waals surface area contributed by atoms with Crippen molar-refractivity contribution in [3.8, 4) is 0 Å². The number of carbonyl (C=O) groups excluding carboxylic acids is 1. The highest BCUT2D eigenvalue weighted by atomic mass is 32.2. The Balaban J connectivity index is 2.09. The molecule has 104 valence electrons. The van der Waals surface area contributed by atoms with Gasteiger partial charge in [-0.25, -0.2) is 19.9 Å². The Morgan fingerprint density at radius 2 is 1.95 bits per heavy atom. The SMILES string of the molecule is CSc1ncc(C(=O)NCc2ncccn2)c(SC)n1. The van der Waals surface area contributed by atoms with Crippen LogP contribution in [0.4, 0.5) is 0 Å². The fraction of sp³-hybridized carbons (Fsp3) is 0.250. The summed E-state index contributed by atoms with van der Waals surface area (Å²) < 4.78 is 0. The Bertz CT molecular complexity index is 594. The third-order valence-corrected chi connectivity index (χ3v) is 3.64. The standard InChI is InChI=1S/C12H13N5OS2/c1-19-11-8(6-16-12(17-11)20-2)10(18)15-7-9-13-4-3-5-14-9/h3-6H,7H2,1-2H3,(H,15,18). The Morgan fingerprint density at radius 3 is 2.60 bits per heavy atom. The third kappa shape index (κ3) is 3.67. The molecule has 0 aliphatic heterocycles. The fourth-order valence-corrected chi connectivity index (χ4v) is 2.38. The van der Waals surface area contributed by atoms with E-state index in [2.05, 4.69) is 25.3 Å². The molecular formula is C12H13N5OS2. The molecule has 1 N–H and O–H groups in total. The number of thioether (sulfide) groups is 2. The van der Waals surface area contributed by atoms with Gasteiger partial charge in [-0.1, -0.05) is 11.8 Å². The second-order valence-electron chi connectivity index (χ2n) is 3.63. The molecule has 0 bridgehead atoms. The lowest BCUT2D eigenvalue weighted by molar-refractivity contribution is 0.0945. The number of hydrogen-bond acceptors (Lipinski definition) is 7. The summed E-state index contributed by atoms with van der Waals surface area (Å²) in [6.07, 6.45) is 8.59. The van der Waals surface area contributed by atoms with Gasteiger partial charge in [0.1, 0.15) is 10.9 Å². The molecule has 0 saturated heterocycles. The molecule has 0 aromatic carbocycles. The quantitative estimate of drug-likeness (QED) is 0.511. The second kappa shape index (κ2) is 7.20. The average Bonchev–Trinajstić information content (AvgIpc) is 2.52. The smallest absolute Gasteiger partial charge is 0.255 e. The van der Waals surface area contributed by atoms with Crippen LogP contribution in [0.25, 0.3) is 0 Å². The number of amides is 1. The summed E-state index contributed by atoms with van der Waals surface area (Å²) >= 11 is 2.86. The molecule has 2 aromatic rings. The van der Waals surface area contributed by atoms with E-state index in [1.165, 1.54) is 23.5 Å². The maximum Gasteiger partial charge on any atom is 0.255 e. The van der Waals surface area contributed by atoms with E-state index >= 15 is 0 Å². The molecule has 0 spiro atoms. The summed E-state index contributed by atoms with van der Waals surface area (Å²) in [5, 5.41) is 4.08. The highest BCUT2D eigenvalue weighted by Gasteiger charge is 2.14. The van der Waals surface area contributed by atoms with Gasteiger partial charge >= 0.3 is 0 Å². The molecule has 2 rings (SSSR count). The highest BCUT2D eigenvalue weighted by molar-refractivity contribution is 7.99. The molecule has 0 aliphatic rings. The number of nitrogens with zero attached hydrogens (tertiary/aromatic N) is 4. The summed E-state index contributed by atoms with van der Waals surface area (Å²) in [4.78, 5) is 28.7. The van der Waals surface area contributed by atoms with E-state index in [1.807, 2.05) is 12.5 Å². The second-order valence-corrected chi connectivity index (χ2v) is 5.20. The van der Waals surface area contributed by atoms with Gasteiger partial charge in [0.25, 0.3) is 5.91 Å². The number of nitrogens with one attached hydrogen (secondary N) is 1. The van der Waals surface area contributed by atoms with Crippen LogP contribution in [0.3, 0.4) is 0 Å². The predicted molar refractivity (Wildman–Crippen MR) is 78.8 cm³/mol. The minimum absolute atomic E-state index is 0.227. The van der Waals surface area contributed by atoms with E-state index in [0.29, 0.717) is 21.6 Å². The van der Waals surface area contributed by atoms with E-state index in [9.17, 15) is 4.79 Å². The summed E-state index contributed by atoms with van der Waals surface area (Å²) in [6, 6.07) is 1.73. The summed E-state index contributed by atoms with van der Waals surface area (Å²) in [5.41, 5.74) is 0.464. The van der Waals surface area contributed by atoms with Crippen LogP contribution in [0.2, 0.25) is 0 Å². The van der Waals surface area contributed by atoms with Crippen LogP contribution in [0.1, 0.15) is 16.2 Å². The van der Waals surface area contributed by atoms with Gasteiger partial charge in [-0.2, -0.15) is 0 Å². The molecular weight excluding hydrogens is 294 g/mol. The Hall–Kier alpha value is -1.67. The van der Waals surface area contributed by atoms with Crippen molar-refractivity contribution >= 4 is 29.4 Å². The Labute approximate surface area is 125 Å². The van der Waals surface area contributed by atoms with Crippen LogP contribution in [-0.4, -0.2) is 38.4 Å². The Morgan fingerprint density at radius 1 is 1.20 bits per heavy atom. The average molecular weight is 307 g/mol. The molecule has 0 saturated carbocycles. The van der Waals surface area contributed by atoms with E-state index in [0.717, 1.165) is 0 Å². The van der Waals surface area contributed by atoms with Crippen molar-refractivity contribution in [1.82, 2.24) is 25.3 Å². The first-order valence-corrected chi connectivity index (χ1v) is 8.18. The molecule has 8 heteroatoms. The highest BCUT2D eigenvalue weighted by Crippen LogP contribution is 2.20. The van der Waals surface area contributed by atoms with E-state index in [4.69, 9.17) is 0 Å². The molecule has 1 amide bonds. The van der Waals surface area contributed by atoms with Gasteiger partial charge in [-0.15, -0.1) is 11.8 Å². The van der Waals surface area contributed by atoms with Gasteiger partial charge in [0.05, 0.1) is 12.1 Å². The van der Waals surface area contributed by atoms with Gasteiger partial charge in [0.2, 0.25) is 0 Å². The molecule has 0 atom stereocenters. The zero-order valence-corrected chi connectivity index (χ0v) is 12.7. The van der Waals surface area contributed by atoms with Crippen LogP contribution in [0.15, 0.2) is 34.8 Å². The normalized spacial score (nSPS) is 10.3. The van der Waals surface area contributed by atoms with E-state index in [-0.39, 0.29) is 12.5 Å². The number of aromatic nitrogens is 4. The zero-order valence-electron chi connectivity index (χ0n) is 11.0. The van der Waals surface area contributed by atoms with Gasteiger partial charge < -0.3 is 5.32 Å². The first kappa shape index (κ1) is 14.7. The molecule has 2 heterocycles. The topological polar surface area (TPSA) is 80.7 Å². The number of hydrogen-bond donors (Lipinski definition) is 1. The summed E-state index contributed by atoms with van der Waals surface area (Å²) in [5.74, 6) is 0.336. The molecule has 0 aliphatic carbocycles. The predicted octanol–water partition coefficient (Wildman–Crippen LogP) is 1.64. The summed E-state index contributed by atoms with van der Waals surface area (Å²) in [7, 11) is 0. The zero-order chi connectivity index (χ0) is 14.4. The van der Waals surface area contributed by atoms with Crippen molar-refractivity contribution in [2.45, 2.75) is 16.7 Å². The maximum absolute atomic E-state index is 12.1. The minimum Gasteiger partial charge on any atom is -0.345 e. The van der Waals surface area contributed by atoms with Gasteiger partial charge in [0.15, 0.2) is 5.16 Å². The van der Waals surface area contributed by atoms with Crippen LogP contribution < -0.4 is 5.32 Å². The first-order valence-electron chi connectivity index (χ1n) is 5.73. The monoisotopic (exact) mass is 307 g/mol. The first-order chi connectivity index (χ1) is 9.74. The fourth-order valence-electron chi connectivity index (χ4n) is 1.44. The maximum atomic E-state index is 12.1. The third-order valence-electron chi connectivity index (χ3n) is 2.38. The van der Waals surface area contributed by atoms with Crippen LogP contribution in [-0.2, 0) is 6.54 Å².